The van der Waals surface area contributed by atoms with Gasteiger partial charge < -0.3 is 29.7 Å². The zero-order valence-electron chi connectivity index (χ0n) is 27.4. The maximum atomic E-state index is 14.7. The molecule has 3 heterocycles. The molecule has 3 fully saturated rings. The number of likely N-dealkylation sites (tertiary alicyclic amines) is 1. The lowest BCUT2D eigenvalue weighted by molar-refractivity contribution is -0.161. The molecular formula is C37H44ClN3O7. The number of esters is 1. The zero-order chi connectivity index (χ0) is 34.6. The number of halogens is 1. The van der Waals surface area contributed by atoms with E-state index >= 15 is 0 Å². The molecule has 48 heavy (non-hydrogen) atoms. The van der Waals surface area contributed by atoms with E-state index in [4.69, 9.17) is 21.1 Å². The number of allylic oxidation sites excluding steroid dienone is 1. The molecule has 7 atom stereocenters. The van der Waals surface area contributed by atoms with Crippen molar-refractivity contribution in [1.29, 1.82) is 0 Å². The lowest BCUT2D eigenvalue weighted by atomic mass is 9.70. The van der Waals surface area contributed by atoms with Crippen LogP contribution < -0.4 is 10.2 Å². The number of aliphatic hydroxyl groups excluding tert-OH is 1. The molecule has 2 N–H and O–H groups in total. The summed E-state index contributed by atoms with van der Waals surface area (Å²) in [5, 5.41) is 13.9. The molecule has 3 aliphatic heterocycles. The van der Waals surface area contributed by atoms with Crippen molar-refractivity contribution in [3.63, 3.8) is 0 Å². The molecule has 10 nitrogen and oxygen atoms in total. The fourth-order valence-electron chi connectivity index (χ4n) is 7.48. The van der Waals surface area contributed by atoms with E-state index in [1.54, 1.807) is 36.4 Å². The maximum Gasteiger partial charge on any atom is 0.313 e. The Morgan fingerprint density at radius 1 is 1.15 bits per heavy atom. The van der Waals surface area contributed by atoms with Crippen molar-refractivity contribution in [2.75, 3.05) is 24.6 Å². The van der Waals surface area contributed by atoms with Crippen LogP contribution in [0.4, 0.5) is 5.69 Å². The Morgan fingerprint density at radius 2 is 1.85 bits per heavy atom. The minimum atomic E-state index is -1.31. The van der Waals surface area contributed by atoms with Gasteiger partial charge in [-0.15, -0.1) is 13.2 Å². The van der Waals surface area contributed by atoms with Crippen LogP contribution in [0.3, 0.4) is 0 Å². The second-order valence-electron chi connectivity index (χ2n) is 13.0. The third-order valence-corrected chi connectivity index (χ3v) is 10.0. The lowest BCUT2D eigenvalue weighted by Crippen LogP contribution is -2.59. The van der Waals surface area contributed by atoms with Crippen LogP contribution in [-0.4, -0.2) is 77.2 Å². The number of aliphatic hydroxyl groups is 1. The SMILES string of the molecule is C=CCCC(=O)NC[C@@H](OC(=O)[C@@H]1[C@H]2C(=O)N([C@@H](CO)C(C)C)[C@H](C(=O)N(CC=C)c3ccc(Cl)cc3)[C@]23CC[C@H]1O3)c1ccccc1. The zero-order valence-corrected chi connectivity index (χ0v) is 28.2. The largest absolute Gasteiger partial charge is 0.455 e. The predicted molar refractivity (Wildman–Crippen MR) is 182 cm³/mol. The second-order valence-corrected chi connectivity index (χ2v) is 13.4. The number of nitrogens with one attached hydrogen (secondary N) is 1. The highest BCUT2D eigenvalue weighted by molar-refractivity contribution is 6.30. The normalized spacial score (nSPS) is 25.4. The van der Waals surface area contributed by atoms with Gasteiger partial charge in [-0.2, -0.15) is 0 Å². The van der Waals surface area contributed by atoms with Crippen molar-refractivity contribution in [3.8, 4) is 0 Å². The van der Waals surface area contributed by atoms with Crippen LogP contribution in [0.2, 0.25) is 5.02 Å². The van der Waals surface area contributed by atoms with Crippen LogP contribution in [0.5, 0.6) is 0 Å². The summed E-state index contributed by atoms with van der Waals surface area (Å²) in [6.45, 7) is 11.1. The van der Waals surface area contributed by atoms with E-state index in [0.29, 0.717) is 35.5 Å². The van der Waals surface area contributed by atoms with E-state index in [0.717, 1.165) is 0 Å². The molecule has 0 unspecified atom stereocenters. The number of amides is 3. The van der Waals surface area contributed by atoms with Crippen LogP contribution >= 0.6 is 11.6 Å². The summed E-state index contributed by atoms with van der Waals surface area (Å²) in [4.78, 5) is 59.0. The first kappa shape index (κ1) is 35.3. The molecule has 2 aromatic carbocycles. The Morgan fingerprint density at radius 3 is 2.48 bits per heavy atom. The number of benzene rings is 2. The highest BCUT2D eigenvalue weighted by atomic mass is 35.5. The van der Waals surface area contributed by atoms with Crippen LogP contribution in [0.15, 0.2) is 79.9 Å². The van der Waals surface area contributed by atoms with Crippen LogP contribution in [0.1, 0.15) is 51.2 Å². The number of anilines is 1. The third-order valence-electron chi connectivity index (χ3n) is 9.76. The standard InChI is InChI=1S/C37H44ClN3O7/c1-5-7-13-30(43)39-21-29(24-11-9-8-10-12-24)47-36(46)31-28-18-19-37(48-28)32(31)34(44)41(27(22-42)23(3)4)33(37)35(45)40(20-6-2)26-16-14-25(38)15-17-26/h5-6,8-12,14-17,23,27-29,31-33,42H,1-2,7,13,18-22H2,3-4H3,(H,39,43)/t27-,28+,29+,31-,32-,33+,37-/m0/s1. The van der Waals surface area contributed by atoms with Crippen molar-refractivity contribution in [3.05, 3.63) is 90.5 Å². The van der Waals surface area contributed by atoms with E-state index in [2.05, 4.69) is 18.5 Å². The number of ether oxygens (including phenoxy) is 2. The molecule has 1 spiro atoms. The van der Waals surface area contributed by atoms with E-state index in [-0.39, 0.29) is 37.9 Å². The van der Waals surface area contributed by atoms with Crippen molar-refractivity contribution in [2.45, 2.75) is 69.4 Å². The second kappa shape index (κ2) is 15.1. The summed E-state index contributed by atoms with van der Waals surface area (Å²) in [5.74, 6) is -3.84. The molecule has 0 radical (unpaired) electrons. The molecule has 0 saturated carbocycles. The average molecular weight is 678 g/mol. The average Bonchev–Trinajstić information content (AvgIpc) is 3.73. The molecule has 0 aliphatic carbocycles. The lowest BCUT2D eigenvalue weighted by Gasteiger charge is -2.40. The van der Waals surface area contributed by atoms with Gasteiger partial charge in [0, 0.05) is 23.7 Å². The number of rotatable bonds is 15. The first-order valence-corrected chi connectivity index (χ1v) is 16.9. The molecule has 11 heteroatoms. The first-order chi connectivity index (χ1) is 23.1. The summed E-state index contributed by atoms with van der Waals surface area (Å²) >= 11 is 6.14. The number of nitrogens with zero attached hydrogens (tertiary/aromatic N) is 2. The summed E-state index contributed by atoms with van der Waals surface area (Å²) in [6, 6.07) is 14.1. The van der Waals surface area contributed by atoms with Gasteiger partial charge in [0.1, 0.15) is 17.7 Å². The van der Waals surface area contributed by atoms with E-state index < -0.39 is 59.5 Å². The Kier molecular flexibility index (Phi) is 11.1. The van der Waals surface area contributed by atoms with E-state index in [9.17, 15) is 24.3 Å². The molecule has 2 aromatic rings. The molecule has 2 bridgehead atoms. The fourth-order valence-corrected chi connectivity index (χ4v) is 7.60. The molecule has 3 aliphatic rings. The number of hydrogen-bond donors (Lipinski definition) is 2. The number of fused-ring (bicyclic) bond motifs is 1. The Bertz CT molecular complexity index is 1520. The number of carbonyl (C=O) groups excluding carboxylic acids is 4. The van der Waals surface area contributed by atoms with Gasteiger partial charge in [-0.3, -0.25) is 19.2 Å². The monoisotopic (exact) mass is 677 g/mol. The molecule has 5 rings (SSSR count). The fraction of sp³-hybridized carbons (Fsp3) is 0.459. The molecule has 3 saturated heterocycles. The first-order valence-electron chi connectivity index (χ1n) is 16.5. The molecule has 0 aromatic heterocycles. The maximum absolute atomic E-state index is 14.7. The Hall–Kier alpha value is -3.99. The van der Waals surface area contributed by atoms with E-state index in [1.165, 1.54) is 9.80 Å². The van der Waals surface area contributed by atoms with Gasteiger partial charge >= 0.3 is 5.97 Å². The van der Waals surface area contributed by atoms with Crippen LogP contribution in [-0.2, 0) is 28.7 Å². The van der Waals surface area contributed by atoms with Gasteiger partial charge in [-0.25, -0.2) is 0 Å². The van der Waals surface area contributed by atoms with Crippen molar-refractivity contribution >= 4 is 41.0 Å². The van der Waals surface area contributed by atoms with Crippen LogP contribution in [0, 0.1) is 17.8 Å². The summed E-state index contributed by atoms with van der Waals surface area (Å²) in [7, 11) is 0. The highest BCUT2D eigenvalue weighted by Gasteiger charge is 2.76. The Labute approximate surface area is 286 Å². The number of hydrogen-bond acceptors (Lipinski definition) is 7. The smallest absolute Gasteiger partial charge is 0.313 e. The van der Waals surface area contributed by atoms with Gasteiger partial charge in [-0.05, 0) is 55.0 Å². The number of carbonyl (C=O) groups is 4. The van der Waals surface area contributed by atoms with Crippen LogP contribution in [0.25, 0.3) is 0 Å². The van der Waals surface area contributed by atoms with Gasteiger partial charge in [-0.1, -0.05) is 67.9 Å². The summed E-state index contributed by atoms with van der Waals surface area (Å²) in [6.07, 6.45) is 3.39. The van der Waals surface area contributed by atoms with Crippen molar-refractivity contribution < 1.29 is 33.8 Å². The van der Waals surface area contributed by atoms with Gasteiger partial charge in [0.15, 0.2) is 0 Å². The van der Waals surface area contributed by atoms with E-state index in [1.807, 2.05) is 44.2 Å². The highest BCUT2D eigenvalue weighted by Crippen LogP contribution is 2.59. The minimum Gasteiger partial charge on any atom is -0.455 e. The van der Waals surface area contributed by atoms with Gasteiger partial charge in [0.2, 0.25) is 11.8 Å². The minimum absolute atomic E-state index is 0.0402. The molecule has 256 valence electrons. The molecular weight excluding hydrogens is 634 g/mol. The predicted octanol–water partition coefficient (Wildman–Crippen LogP) is 4.62. The third kappa shape index (κ3) is 6.66. The topological polar surface area (TPSA) is 125 Å². The summed E-state index contributed by atoms with van der Waals surface area (Å²) < 4.78 is 12.7. The summed E-state index contributed by atoms with van der Waals surface area (Å²) in [5.41, 5.74) is -0.0621. The van der Waals surface area contributed by atoms with Crippen molar-refractivity contribution in [2.24, 2.45) is 17.8 Å². The quantitative estimate of drug-likeness (QED) is 0.208. The van der Waals surface area contributed by atoms with Gasteiger partial charge in [0.05, 0.1) is 37.1 Å². The van der Waals surface area contributed by atoms with Gasteiger partial charge in [0.25, 0.3) is 5.91 Å². The van der Waals surface area contributed by atoms with Crippen molar-refractivity contribution in [1.82, 2.24) is 10.2 Å². The molecule has 3 amide bonds. The Balaban J connectivity index is 1.49.